The van der Waals surface area contributed by atoms with Gasteiger partial charge in [-0.1, -0.05) is 30.3 Å². The molecule has 0 amide bonds. The van der Waals surface area contributed by atoms with Crippen LogP contribution in [0.1, 0.15) is 24.8 Å². The number of ether oxygens (including phenoxy) is 3. The molecule has 2 atom stereocenters. The van der Waals surface area contributed by atoms with Crippen LogP contribution in [0.5, 0.6) is 0 Å². The molecule has 0 aliphatic heterocycles. The van der Waals surface area contributed by atoms with Crippen molar-refractivity contribution < 1.29 is 23.8 Å². The van der Waals surface area contributed by atoms with Gasteiger partial charge >= 0.3 is 11.9 Å². The van der Waals surface area contributed by atoms with Crippen molar-refractivity contribution in [3.63, 3.8) is 0 Å². The first kappa shape index (κ1) is 15.5. The highest BCUT2D eigenvalue weighted by Crippen LogP contribution is 2.41. The Kier molecular flexibility index (Phi) is 4.96. The second kappa shape index (κ2) is 6.72. The van der Waals surface area contributed by atoms with E-state index in [4.69, 9.17) is 14.2 Å². The molecule has 1 fully saturated rings. The smallest absolute Gasteiger partial charge is 0.339 e. The summed E-state index contributed by atoms with van der Waals surface area (Å²) in [6.45, 7) is 0.253. The van der Waals surface area contributed by atoms with Gasteiger partial charge in [0, 0.05) is 0 Å². The minimum Gasteiger partial charge on any atom is -0.469 e. The van der Waals surface area contributed by atoms with Gasteiger partial charge in [-0.2, -0.15) is 0 Å². The first-order chi connectivity index (χ1) is 10.1. The summed E-state index contributed by atoms with van der Waals surface area (Å²) in [7, 11) is 2.63. The minimum atomic E-state index is -1.24. The number of rotatable bonds is 5. The molecule has 1 aliphatic carbocycles. The monoisotopic (exact) mass is 292 g/mol. The number of hydrogen-bond acceptors (Lipinski definition) is 5. The molecule has 0 saturated heterocycles. The highest BCUT2D eigenvalue weighted by molar-refractivity contribution is 5.88. The summed E-state index contributed by atoms with van der Waals surface area (Å²) in [5.41, 5.74) is -0.297. The molecule has 2 rings (SSSR count). The molecule has 0 N–H and O–H groups in total. The van der Waals surface area contributed by atoms with Crippen LogP contribution in [0.2, 0.25) is 0 Å². The van der Waals surface area contributed by atoms with Crippen molar-refractivity contribution >= 4 is 11.9 Å². The molecule has 1 saturated carbocycles. The summed E-state index contributed by atoms with van der Waals surface area (Å²) in [5, 5.41) is 0. The van der Waals surface area contributed by atoms with E-state index in [0.29, 0.717) is 12.8 Å². The van der Waals surface area contributed by atoms with Crippen LogP contribution in [0.25, 0.3) is 0 Å². The zero-order valence-corrected chi connectivity index (χ0v) is 12.3. The van der Waals surface area contributed by atoms with Gasteiger partial charge in [0.05, 0.1) is 26.7 Å². The second-order valence-corrected chi connectivity index (χ2v) is 5.12. The average molecular weight is 292 g/mol. The molecule has 0 bridgehead atoms. The van der Waals surface area contributed by atoms with E-state index in [1.54, 1.807) is 0 Å². The Morgan fingerprint density at radius 2 is 1.90 bits per heavy atom. The average Bonchev–Trinajstić information content (AvgIpc) is 2.97. The fourth-order valence-electron chi connectivity index (χ4n) is 2.86. The maximum Gasteiger partial charge on any atom is 0.339 e. The molecule has 1 aromatic rings. The molecule has 1 aliphatic rings. The lowest BCUT2D eigenvalue weighted by Gasteiger charge is -2.31. The van der Waals surface area contributed by atoms with Crippen molar-refractivity contribution in [1.29, 1.82) is 0 Å². The summed E-state index contributed by atoms with van der Waals surface area (Å²) >= 11 is 0. The van der Waals surface area contributed by atoms with Crippen LogP contribution in [0.4, 0.5) is 0 Å². The van der Waals surface area contributed by atoms with Crippen molar-refractivity contribution in [3.05, 3.63) is 35.9 Å². The van der Waals surface area contributed by atoms with Gasteiger partial charge in [-0.15, -0.1) is 0 Å². The number of hydrogen-bond donors (Lipinski definition) is 0. The molecule has 5 nitrogen and oxygen atoms in total. The number of methoxy groups -OCH3 is 2. The van der Waals surface area contributed by atoms with Gasteiger partial charge in [-0.05, 0) is 24.8 Å². The molecular weight excluding hydrogens is 272 g/mol. The van der Waals surface area contributed by atoms with E-state index in [0.717, 1.165) is 12.0 Å². The van der Waals surface area contributed by atoms with Crippen molar-refractivity contribution in [2.45, 2.75) is 31.5 Å². The van der Waals surface area contributed by atoms with E-state index in [1.165, 1.54) is 14.2 Å². The molecule has 1 aromatic carbocycles. The maximum absolute atomic E-state index is 12.2. The quantitative estimate of drug-likeness (QED) is 0.778. The van der Waals surface area contributed by atoms with Crippen LogP contribution in [0, 0.1) is 5.92 Å². The van der Waals surface area contributed by atoms with Crippen LogP contribution >= 0.6 is 0 Å². The van der Waals surface area contributed by atoms with Crippen molar-refractivity contribution in [1.82, 2.24) is 0 Å². The molecule has 114 valence electrons. The lowest BCUT2D eigenvalue weighted by molar-refractivity contribution is -0.185. The molecular formula is C16H20O5. The van der Waals surface area contributed by atoms with E-state index in [9.17, 15) is 9.59 Å². The van der Waals surface area contributed by atoms with Crippen LogP contribution < -0.4 is 0 Å². The predicted molar refractivity (Wildman–Crippen MR) is 75.3 cm³/mol. The first-order valence-electron chi connectivity index (χ1n) is 6.98. The number of carbonyl (C=O) groups excluding carboxylic acids is 2. The third-order valence-corrected chi connectivity index (χ3v) is 3.96. The molecule has 0 spiro atoms. The zero-order valence-electron chi connectivity index (χ0n) is 12.3. The Morgan fingerprint density at radius 3 is 2.52 bits per heavy atom. The van der Waals surface area contributed by atoms with Gasteiger partial charge in [0.1, 0.15) is 0 Å². The van der Waals surface area contributed by atoms with Crippen LogP contribution in [0.3, 0.4) is 0 Å². The van der Waals surface area contributed by atoms with E-state index in [1.807, 2.05) is 30.3 Å². The van der Waals surface area contributed by atoms with Crippen molar-refractivity contribution in [3.8, 4) is 0 Å². The van der Waals surface area contributed by atoms with Gasteiger partial charge < -0.3 is 14.2 Å². The zero-order chi connectivity index (χ0) is 15.3. The standard InChI is InChI=1S/C16H20O5/c1-19-14(17)13-9-6-10-16(13,15(18)20-2)21-11-12-7-4-3-5-8-12/h3-5,7-8,13H,6,9-11H2,1-2H3. The fraction of sp³-hybridized carbons (Fsp3) is 0.500. The van der Waals surface area contributed by atoms with Crippen molar-refractivity contribution in [2.75, 3.05) is 14.2 Å². The van der Waals surface area contributed by atoms with Crippen LogP contribution in [-0.4, -0.2) is 31.8 Å². The van der Waals surface area contributed by atoms with Gasteiger partial charge in [0.15, 0.2) is 5.60 Å². The summed E-state index contributed by atoms with van der Waals surface area (Å²) in [4.78, 5) is 24.2. The topological polar surface area (TPSA) is 61.8 Å². The lowest BCUT2D eigenvalue weighted by Crippen LogP contribution is -2.49. The largest absolute Gasteiger partial charge is 0.469 e. The summed E-state index contributed by atoms with van der Waals surface area (Å²) < 4.78 is 15.6. The van der Waals surface area contributed by atoms with Crippen LogP contribution in [0.15, 0.2) is 30.3 Å². The van der Waals surface area contributed by atoms with Gasteiger partial charge in [0.25, 0.3) is 0 Å². The van der Waals surface area contributed by atoms with E-state index < -0.39 is 23.5 Å². The number of carbonyl (C=O) groups is 2. The summed E-state index contributed by atoms with van der Waals surface area (Å²) in [5.74, 6) is -1.55. The highest BCUT2D eigenvalue weighted by atomic mass is 16.6. The number of esters is 2. The van der Waals surface area contributed by atoms with Gasteiger partial charge in [-0.25, -0.2) is 4.79 Å². The maximum atomic E-state index is 12.2. The Hall–Kier alpha value is -1.88. The molecule has 2 unspecified atom stereocenters. The Bertz CT molecular complexity index is 499. The SMILES string of the molecule is COC(=O)C1CCCC1(OCc1ccccc1)C(=O)OC. The highest BCUT2D eigenvalue weighted by Gasteiger charge is 2.55. The normalized spacial score (nSPS) is 24.6. The first-order valence-corrected chi connectivity index (χ1v) is 6.98. The number of benzene rings is 1. The predicted octanol–water partition coefficient (Wildman–Crippen LogP) is 2.09. The molecule has 0 radical (unpaired) electrons. The summed E-state index contributed by atoms with van der Waals surface area (Å²) in [6.07, 6.45) is 1.76. The Labute approximate surface area is 124 Å². The third kappa shape index (κ3) is 3.08. The van der Waals surface area contributed by atoms with E-state index >= 15 is 0 Å². The third-order valence-electron chi connectivity index (χ3n) is 3.96. The molecule has 0 heterocycles. The second-order valence-electron chi connectivity index (χ2n) is 5.12. The van der Waals surface area contributed by atoms with Gasteiger partial charge in [0.2, 0.25) is 0 Å². The minimum absolute atomic E-state index is 0.253. The molecule has 0 aromatic heterocycles. The van der Waals surface area contributed by atoms with Crippen molar-refractivity contribution in [2.24, 2.45) is 5.92 Å². The molecule has 21 heavy (non-hydrogen) atoms. The Morgan fingerprint density at radius 1 is 1.19 bits per heavy atom. The van der Waals surface area contributed by atoms with Gasteiger partial charge in [-0.3, -0.25) is 4.79 Å². The lowest BCUT2D eigenvalue weighted by atomic mass is 9.90. The van der Waals surface area contributed by atoms with Crippen LogP contribution in [-0.2, 0) is 30.4 Å². The van der Waals surface area contributed by atoms with E-state index in [-0.39, 0.29) is 6.61 Å². The fourth-order valence-corrected chi connectivity index (χ4v) is 2.86. The Balaban J connectivity index is 2.21. The molecule has 5 heteroatoms. The summed E-state index contributed by atoms with van der Waals surface area (Å²) in [6, 6.07) is 9.53. The van der Waals surface area contributed by atoms with E-state index in [2.05, 4.69) is 0 Å².